The van der Waals surface area contributed by atoms with Crippen LogP contribution in [0.15, 0.2) is 48.5 Å². The summed E-state index contributed by atoms with van der Waals surface area (Å²) in [6, 6.07) is 16.4. The van der Waals surface area contributed by atoms with Gasteiger partial charge in [0.15, 0.2) is 11.5 Å². The molecule has 0 N–H and O–H groups in total. The number of benzene rings is 2. The fraction of sp³-hybridized carbons (Fsp3) is 0.480. The molecule has 0 aliphatic carbocycles. The monoisotopic (exact) mass is 408 g/mol. The second-order valence-corrected chi connectivity index (χ2v) is 8.69. The lowest BCUT2D eigenvalue weighted by atomic mass is 9.86. The van der Waals surface area contributed by atoms with Crippen molar-refractivity contribution in [1.82, 2.24) is 9.80 Å². The highest BCUT2D eigenvalue weighted by atomic mass is 16.5. The van der Waals surface area contributed by atoms with Crippen molar-refractivity contribution < 1.29 is 14.3 Å². The maximum atomic E-state index is 12.9. The first kappa shape index (κ1) is 20.7. The topological polar surface area (TPSA) is 42.0 Å². The van der Waals surface area contributed by atoms with E-state index >= 15 is 0 Å². The molecule has 5 nitrogen and oxygen atoms in total. The van der Waals surface area contributed by atoms with E-state index in [1.165, 1.54) is 12.0 Å². The van der Waals surface area contributed by atoms with E-state index in [2.05, 4.69) is 40.1 Å². The molecular weight excluding hydrogens is 376 g/mol. The lowest BCUT2D eigenvalue weighted by Gasteiger charge is -2.25. The Bertz CT molecular complexity index is 870. The Labute approximate surface area is 179 Å². The first-order chi connectivity index (χ1) is 14.6. The predicted molar refractivity (Wildman–Crippen MR) is 118 cm³/mol. The zero-order valence-corrected chi connectivity index (χ0v) is 18.1. The number of carbonyl (C=O) groups is 1. The highest BCUT2D eigenvalue weighted by Gasteiger charge is 2.44. The number of hydrogen-bond donors (Lipinski definition) is 0. The van der Waals surface area contributed by atoms with Gasteiger partial charge in [-0.3, -0.25) is 4.79 Å². The molecule has 2 heterocycles. The maximum Gasteiger partial charge on any atom is 0.227 e. The molecule has 160 valence electrons. The number of hydrogen-bond acceptors (Lipinski definition) is 4. The van der Waals surface area contributed by atoms with E-state index in [1.807, 2.05) is 18.2 Å². The Balaban J connectivity index is 1.30. The average Bonchev–Trinajstić information content (AvgIpc) is 3.39. The summed E-state index contributed by atoms with van der Waals surface area (Å²) in [7, 11) is 3.24. The molecule has 0 aromatic heterocycles. The van der Waals surface area contributed by atoms with E-state index in [9.17, 15) is 4.79 Å². The molecule has 0 radical (unpaired) electrons. The molecule has 1 amide bonds. The normalized spacial score (nSPS) is 21.3. The third kappa shape index (κ3) is 4.62. The van der Waals surface area contributed by atoms with Gasteiger partial charge in [0, 0.05) is 31.6 Å². The molecule has 1 spiro atoms. The van der Waals surface area contributed by atoms with Crippen LogP contribution in [0.4, 0.5) is 0 Å². The summed E-state index contributed by atoms with van der Waals surface area (Å²) < 4.78 is 10.7. The molecule has 2 aliphatic rings. The van der Waals surface area contributed by atoms with Crippen LogP contribution in [0, 0.1) is 5.41 Å². The second kappa shape index (κ2) is 9.09. The van der Waals surface area contributed by atoms with Crippen molar-refractivity contribution in [2.24, 2.45) is 5.41 Å². The van der Waals surface area contributed by atoms with E-state index < -0.39 is 0 Å². The van der Waals surface area contributed by atoms with Gasteiger partial charge >= 0.3 is 0 Å². The summed E-state index contributed by atoms with van der Waals surface area (Å²) in [6.45, 7) is 5.12. The number of nitrogens with zero attached hydrogens (tertiary/aromatic N) is 2. The SMILES string of the molecule is COc1ccc(CC(=O)N2CCC3(CCN(CCc4ccccc4)C3)C2)cc1OC. The molecule has 0 saturated carbocycles. The lowest BCUT2D eigenvalue weighted by Crippen LogP contribution is -2.35. The Hall–Kier alpha value is -2.53. The molecule has 2 aromatic carbocycles. The van der Waals surface area contributed by atoms with Gasteiger partial charge in [-0.15, -0.1) is 0 Å². The third-order valence-electron chi connectivity index (χ3n) is 6.67. The lowest BCUT2D eigenvalue weighted by molar-refractivity contribution is -0.129. The van der Waals surface area contributed by atoms with Crippen molar-refractivity contribution in [2.75, 3.05) is 46.9 Å². The van der Waals surface area contributed by atoms with Crippen molar-refractivity contribution in [1.29, 1.82) is 0 Å². The van der Waals surface area contributed by atoms with E-state index in [4.69, 9.17) is 9.47 Å². The van der Waals surface area contributed by atoms with Gasteiger partial charge in [0.05, 0.1) is 20.6 Å². The Morgan fingerprint density at radius 1 is 0.933 bits per heavy atom. The molecule has 2 saturated heterocycles. The van der Waals surface area contributed by atoms with Crippen LogP contribution in [0.2, 0.25) is 0 Å². The van der Waals surface area contributed by atoms with Gasteiger partial charge in [-0.25, -0.2) is 0 Å². The maximum absolute atomic E-state index is 12.9. The number of ether oxygens (including phenoxy) is 2. The minimum Gasteiger partial charge on any atom is -0.493 e. The number of amides is 1. The second-order valence-electron chi connectivity index (χ2n) is 8.69. The Morgan fingerprint density at radius 3 is 2.47 bits per heavy atom. The summed E-state index contributed by atoms with van der Waals surface area (Å²) in [5.41, 5.74) is 2.65. The van der Waals surface area contributed by atoms with Crippen molar-refractivity contribution in [2.45, 2.75) is 25.7 Å². The van der Waals surface area contributed by atoms with Crippen LogP contribution in [0.3, 0.4) is 0 Å². The molecule has 5 heteroatoms. The predicted octanol–water partition coefficient (Wildman–Crippen LogP) is 3.41. The van der Waals surface area contributed by atoms with Gasteiger partial charge in [-0.2, -0.15) is 0 Å². The van der Waals surface area contributed by atoms with Crippen LogP contribution >= 0.6 is 0 Å². The zero-order valence-electron chi connectivity index (χ0n) is 18.1. The smallest absolute Gasteiger partial charge is 0.227 e. The number of carbonyl (C=O) groups excluding carboxylic acids is 1. The van der Waals surface area contributed by atoms with E-state index in [1.54, 1.807) is 14.2 Å². The quantitative estimate of drug-likeness (QED) is 0.704. The first-order valence-electron chi connectivity index (χ1n) is 10.9. The molecule has 0 bridgehead atoms. The summed E-state index contributed by atoms with van der Waals surface area (Å²) in [5.74, 6) is 1.57. The highest BCUT2D eigenvalue weighted by Crippen LogP contribution is 2.39. The Morgan fingerprint density at radius 2 is 1.70 bits per heavy atom. The van der Waals surface area contributed by atoms with E-state index in [-0.39, 0.29) is 11.3 Å². The zero-order chi connectivity index (χ0) is 21.0. The summed E-state index contributed by atoms with van der Waals surface area (Å²) in [5, 5.41) is 0. The molecule has 30 heavy (non-hydrogen) atoms. The standard InChI is InChI=1S/C25H32N2O3/c1-29-22-9-8-21(16-23(22)30-2)17-24(28)27-15-12-25(19-27)11-14-26(18-25)13-10-20-6-4-3-5-7-20/h3-9,16H,10-15,17-19H2,1-2H3. The molecule has 1 unspecified atom stereocenters. The van der Waals surface area contributed by atoms with Crippen LogP contribution in [-0.4, -0.2) is 62.7 Å². The summed E-state index contributed by atoms with van der Waals surface area (Å²) in [6.07, 6.45) is 3.82. The minimum absolute atomic E-state index is 0.210. The first-order valence-corrected chi connectivity index (χ1v) is 10.9. The third-order valence-corrected chi connectivity index (χ3v) is 6.67. The number of rotatable bonds is 7. The summed E-state index contributed by atoms with van der Waals surface area (Å²) >= 11 is 0. The highest BCUT2D eigenvalue weighted by molar-refractivity contribution is 5.79. The molecule has 4 rings (SSSR count). The number of methoxy groups -OCH3 is 2. The van der Waals surface area contributed by atoms with Gasteiger partial charge in [0.25, 0.3) is 0 Å². The van der Waals surface area contributed by atoms with E-state index in [0.29, 0.717) is 17.9 Å². The molecule has 1 atom stereocenters. The van der Waals surface area contributed by atoms with Crippen molar-refractivity contribution >= 4 is 5.91 Å². The number of likely N-dealkylation sites (tertiary alicyclic amines) is 2. The van der Waals surface area contributed by atoms with Crippen molar-refractivity contribution in [3.8, 4) is 11.5 Å². The summed E-state index contributed by atoms with van der Waals surface area (Å²) in [4.78, 5) is 17.6. The van der Waals surface area contributed by atoms with Gasteiger partial charge in [0.2, 0.25) is 5.91 Å². The fourth-order valence-corrected chi connectivity index (χ4v) is 4.91. The van der Waals surface area contributed by atoms with Crippen molar-refractivity contribution in [3.05, 3.63) is 59.7 Å². The fourth-order valence-electron chi connectivity index (χ4n) is 4.91. The van der Waals surface area contributed by atoms with Gasteiger partial charge in [-0.1, -0.05) is 36.4 Å². The van der Waals surface area contributed by atoms with Crippen molar-refractivity contribution in [3.63, 3.8) is 0 Å². The largest absolute Gasteiger partial charge is 0.493 e. The van der Waals surface area contributed by atoms with Gasteiger partial charge in [0.1, 0.15) is 0 Å². The molecular formula is C25H32N2O3. The van der Waals surface area contributed by atoms with Crippen LogP contribution in [0.1, 0.15) is 24.0 Å². The van der Waals surface area contributed by atoms with E-state index in [0.717, 1.165) is 51.1 Å². The van der Waals surface area contributed by atoms with Crippen LogP contribution in [0.25, 0.3) is 0 Å². The van der Waals surface area contributed by atoms with Gasteiger partial charge in [-0.05, 0) is 49.1 Å². The van der Waals surface area contributed by atoms with Crippen LogP contribution < -0.4 is 9.47 Å². The molecule has 2 fully saturated rings. The minimum atomic E-state index is 0.210. The molecule has 2 aromatic rings. The Kier molecular flexibility index (Phi) is 6.28. The van der Waals surface area contributed by atoms with Crippen LogP contribution in [0.5, 0.6) is 11.5 Å². The molecule has 2 aliphatic heterocycles. The van der Waals surface area contributed by atoms with Gasteiger partial charge < -0.3 is 19.3 Å². The van der Waals surface area contributed by atoms with Crippen LogP contribution in [-0.2, 0) is 17.6 Å². The average molecular weight is 409 g/mol.